The van der Waals surface area contributed by atoms with Gasteiger partial charge in [-0.25, -0.2) is 0 Å². The van der Waals surface area contributed by atoms with Gasteiger partial charge in [-0.05, 0) is 48.7 Å². The monoisotopic (exact) mass is 465 g/mol. The van der Waals surface area contributed by atoms with Crippen LogP contribution in [0.25, 0.3) is 0 Å². The van der Waals surface area contributed by atoms with Gasteiger partial charge < -0.3 is 10.6 Å². The minimum absolute atomic E-state index is 0.142. The lowest BCUT2D eigenvalue weighted by Gasteiger charge is -2.45. The summed E-state index contributed by atoms with van der Waals surface area (Å²) in [6.45, 7) is -0.543. The molecule has 0 aromatic heterocycles. The topological polar surface area (TPSA) is 61.4 Å². The van der Waals surface area contributed by atoms with Crippen LogP contribution >= 0.6 is 11.6 Å². The highest BCUT2D eigenvalue weighted by Gasteiger charge is 2.47. The summed E-state index contributed by atoms with van der Waals surface area (Å²) in [5.74, 6) is -0.430. The van der Waals surface area contributed by atoms with Crippen LogP contribution in [-0.4, -0.2) is 48.6 Å². The first-order chi connectivity index (χ1) is 15.1. The molecule has 2 aromatic rings. The first kappa shape index (κ1) is 22.6. The van der Waals surface area contributed by atoms with Crippen molar-refractivity contribution in [3.63, 3.8) is 0 Å². The first-order valence-electron chi connectivity index (χ1n) is 10.4. The van der Waals surface area contributed by atoms with Crippen LogP contribution in [0.5, 0.6) is 0 Å². The van der Waals surface area contributed by atoms with Crippen LogP contribution in [0.2, 0.25) is 5.02 Å². The molecule has 1 saturated carbocycles. The number of alkyl halides is 3. The summed E-state index contributed by atoms with van der Waals surface area (Å²) in [6, 6.07) is 13.5. The number of amides is 2. The normalized spacial score (nSPS) is 18.4. The van der Waals surface area contributed by atoms with E-state index < -0.39 is 18.1 Å². The van der Waals surface area contributed by atoms with E-state index in [1.165, 1.54) is 4.90 Å². The maximum absolute atomic E-state index is 13.0. The number of benzene rings is 2. The van der Waals surface area contributed by atoms with Crippen LogP contribution in [0.1, 0.15) is 35.2 Å². The van der Waals surface area contributed by atoms with Crippen LogP contribution in [0.15, 0.2) is 48.5 Å². The molecule has 2 aliphatic rings. The number of anilines is 1. The zero-order chi connectivity index (χ0) is 22.9. The van der Waals surface area contributed by atoms with Gasteiger partial charge in [0.05, 0.1) is 18.0 Å². The van der Waals surface area contributed by atoms with Crippen molar-refractivity contribution in [2.45, 2.75) is 36.9 Å². The van der Waals surface area contributed by atoms with Gasteiger partial charge in [0, 0.05) is 29.4 Å². The second-order valence-electron chi connectivity index (χ2n) is 8.46. The molecule has 2 N–H and O–H groups in total. The predicted molar refractivity (Wildman–Crippen MR) is 116 cm³/mol. The number of carbonyl (C=O) groups excluding carboxylic acids is 2. The van der Waals surface area contributed by atoms with E-state index in [0.29, 0.717) is 29.1 Å². The van der Waals surface area contributed by atoms with Crippen LogP contribution in [0, 0.1) is 0 Å². The molecule has 0 bridgehead atoms. The number of hydrogen-bond donors (Lipinski definition) is 2. The third-order valence-electron chi connectivity index (χ3n) is 6.12. The summed E-state index contributed by atoms with van der Waals surface area (Å²) in [5.41, 5.74) is 1.21. The van der Waals surface area contributed by atoms with Crippen LogP contribution in [0.4, 0.5) is 18.9 Å². The fourth-order valence-electron chi connectivity index (χ4n) is 4.25. The van der Waals surface area contributed by atoms with Crippen LogP contribution in [-0.2, 0) is 10.2 Å². The number of hydrogen-bond acceptors (Lipinski definition) is 3. The molecule has 9 heteroatoms. The van der Waals surface area contributed by atoms with E-state index in [1.807, 2.05) is 12.1 Å². The average Bonchev–Trinajstić information content (AvgIpc) is 2.66. The lowest BCUT2D eigenvalue weighted by atomic mass is 9.63. The molecule has 5 nitrogen and oxygen atoms in total. The van der Waals surface area contributed by atoms with Crippen molar-refractivity contribution in [1.82, 2.24) is 10.2 Å². The summed E-state index contributed by atoms with van der Waals surface area (Å²) >= 11 is 5.93. The van der Waals surface area contributed by atoms with Gasteiger partial charge in [-0.15, -0.1) is 0 Å². The molecular weight excluding hydrogens is 443 g/mol. The van der Waals surface area contributed by atoms with E-state index in [-0.39, 0.29) is 30.9 Å². The van der Waals surface area contributed by atoms with Gasteiger partial charge in [-0.3, -0.25) is 14.5 Å². The van der Waals surface area contributed by atoms with E-state index in [9.17, 15) is 22.8 Å². The van der Waals surface area contributed by atoms with Crippen molar-refractivity contribution in [3.8, 4) is 0 Å². The smallest absolute Gasteiger partial charge is 0.350 e. The fourth-order valence-corrected chi connectivity index (χ4v) is 4.44. The quantitative estimate of drug-likeness (QED) is 0.665. The third kappa shape index (κ3) is 4.91. The summed E-state index contributed by atoms with van der Waals surface area (Å²) in [6.07, 6.45) is -1.95. The molecule has 4 rings (SSSR count). The van der Waals surface area contributed by atoms with E-state index in [4.69, 9.17) is 11.6 Å². The van der Waals surface area contributed by atoms with Gasteiger partial charge in [0.2, 0.25) is 5.91 Å². The van der Waals surface area contributed by atoms with Crippen molar-refractivity contribution >= 4 is 29.1 Å². The molecule has 2 aromatic carbocycles. The molecule has 1 aliphatic heterocycles. The largest absolute Gasteiger partial charge is 0.401 e. The molecule has 2 amide bonds. The molecule has 1 heterocycles. The van der Waals surface area contributed by atoms with Gasteiger partial charge in [0.25, 0.3) is 5.91 Å². The van der Waals surface area contributed by atoms with Gasteiger partial charge >= 0.3 is 6.18 Å². The predicted octanol–water partition coefficient (Wildman–Crippen LogP) is 4.38. The van der Waals surface area contributed by atoms with Crippen molar-refractivity contribution < 1.29 is 22.8 Å². The Balaban J connectivity index is 1.37. The lowest BCUT2D eigenvalue weighted by Crippen LogP contribution is -2.64. The van der Waals surface area contributed by atoms with E-state index in [1.54, 1.807) is 36.4 Å². The molecular formula is C23H23ClF3N3O2. The van der Waals surface area contributed by atoms with Gasteiger partial charge in [-0.1, -0.05) is 36.2 Å². The Morgan fingerprint density at radius 2 is 1.78 bits per heavy atom. The fraction of sp³-hybridized carbons (Fsp3) is 0.391. The molecule has 2 fully saturated rings. The summed E-state index contributed by atoms with van der Waals surface area (Å²) in [4.78, 5) is 26.7. The highest BCUT2D eigenvalue weighted by atomic mass is 35.5. The number of carbonyl (C=O) groups is 2. The molecule has 1 saturated heterocycles. The second-order valence-corrected chi connectivity index (χ2v) is 8.89. The van der Waals surface area contributed by atoms with E-state index in [2.05, 4.69) is 10.6 Å². The number of rotatable bonds is 6. The van der Waals surface area contributed by atoms with Crippen molar-refractivity contribution in [2.75, 3.05) is 25.0 Å². The Bertz CT molecular complexity index is 1000. The van der Waals surface area contributed by atoms with E-state index >= 15 is 0 Å². The maximum atomic E-state index is 13.0. The van der Waals surface area contributed by atoms with Crippen LogP contribution in [0.3, 0.4) is 0 Å². The Kier molecular flexibility index (Phi) is 6.18. The lowest BCUT2D eigenvalue weighted by molar-refractivity contribution is -0.156. The number of likely N-dealkylation sites (tertiary alicyclic amines) is 1. The van der Waals surface area contributed by atoms with Crippen molar-refractivity contribution in [3.05, 3.63) is 64.7 Å². The molecule has 0 radical (unpaired) electrons. The SMILES string of the molecule is O=C(Nc1ccc(C2(C(=O)NC3CN(CC(F)(F)F)C3)CCC2)cc1)c1cccc(Cl)c1. The molecule has 0 atom stereocenters. The Morgan fingerprint density at radius 1 is 1.09 bits per heavy atom. The molecule has 170 valence electrons. The third-order valence-corrected chi connectivity index (χ3v) is 6.35. The van der Waals surface area contributed by atoms with Gasteiger partial charge in [0.15, 0.2) is 0 Å². The molecule has 0 unspecified atom stereocenters. The highest BCUT2D eigenvalue weighted by Crippen LogP contribution is 2.44. The van der Waals surface area contributed by atoms with Crippen molar-refractivity contribution in [2.24, 2.45) is 0 Å². The minimum Gasteiger partial charge on any atom is -0.350 e. The first-order valence-corrected chi connectivity index (χ1v) is 10.8. The minimum atomic E-state index is -4.23. The standard InChI is InChI=1S/C23H23ClF3N3O2/c24-17-4-1-3-15(11-17)20(31)28-18-7-5-16(6-8-18)22(9-2-10-22)21(32)29-19-12-30(13-19)14-23(25,26)27/h1,3-8,11,19H,2,9-10,12-14H2,(H,28,31)(H,29,32). The Hall–Kier alpha value is -2.58. The summed E-state index contributed by atoms with van der Waals surface area (Å²) in [7, 11) is 0. The number of nitrogens with zero attached hydrogens (tertiary/aromatic N) is 1. The second kappa shape index (κ2) is 8.75. The molecule has 32 heavy (non-hydrogen) atoms. The maximum Gasteiger partial charge on any atom is 0.401 e. The Morgan fingerprint density at radius 3 is 2.34 bits per heavy atom. The number of halogens is 4. The number of nitrogens with one attached hydrogen (secondary N) is 2. The molecule has 0 spiro atoms. The van der Waals surface area contributed by atoms with Crippen molar-refractivity contribution in [1.29, 1.82) is 0 Å². The Labute approximate surface area is 188 Å². The zero-order valence-electron chi connectivity index (χ0n) is 17.2. The van der Waals surface area contributed by atoms with Gasteiger partial charge in [-0.2, -0.15) is 13.2 Å². The zero-order valence-corrected chi connectivity index (χ0v) is 18.0. The van der Waals surface area contributed by atoms with Gasteiger partial charge in [0.1, 0.15) is 0 Å². The van der Waals surface area contributed by atoms with Crippen LogP contribution < -0.4 is 10.6 Å². The van der Waals surface area contributed by atoms with E-state index in [0.717, 1.165) is 12.0 Å². The highest BCUT2D eigenvalue weighted by molar-refractivity contribution is 6.31. The summed E-state index contributed by atoms with van der Waals surface area (Å²) in [5, 5.41) is 6.20. The molecule has 1 aliphatic carbocycles. The average molecular weight is 466 g/mol. The summed E-state index contributed by atoms with van der Waals surface area (Å²) < 4.78 is 37.4.